The standard InChI is InChI=1S/C13H12ClN3O2/c1-7-4-12(16-6-10(7)15)17-13(19)8-2-3-11(18)9(14)5-8/h2-6,18H,15H2,1H3,(H,16,17,19). The van der Waals surface area contributed by atoms with Crippen molar-refractivity contribution in [3.63, 3.8) is 0 Å². The summed E-state index contributed by atoms with van der Waals surface area (Å²) in [5.74, 6) is -0.0286. The quantitative estimate of drug-likeness (QED) is 0.787. The zero-order chi connectivity index (χ0) is 14.0. The number of carbonyl (C=O) groups excluding carboxylic acids is 1. The lowest BCUT2D eigenvalue weighted by Gasteiger charge is -2.07. The number of aromatic hydroxyl groups is 1. The summed E-state index contributed by atoms with van der Waals surface area (Å²) in [6.45, 7) is 1.82. The Hall–Kier alpha value is -2.27. The van der Waals surface area contributed by atoms with Gasteiger partial charge in [-0.1, -0.05) is 11.6 Å². The molecule has 5 nitrogen and oxygen atoms in total. The predicted molar refractivity (Wildman–Crippen MR) is 74.5 cm³/mol. The van der Waals surface area contributed by atoms with Crippen LogP contribution in [0.3, 0.4) is 0 Å². The van der Waals surface area contributed by atoms with Crippen LogP contribution >= 0.6 is 11.6 Å². The average Bonchev–Trinajstić information content (AvgIpc) is 2.37. The SMILES string of the molecule is Cc1cc(NC(=O)c2ccc(O)c(Cl)c2)ncc1N. The number of nitrogens with zero attached hydrogens (tertiary/aromatic N) is 1. The van der Waals surface area contributed by atoms with E-state index in [1.54, 1.807) is 6.07 Å². The Morgan fingerprint density at radius 3 is 2.79 bits per heavy atom. The van der Waals surface area contributed by atoms with Crippen LogP contribution in [0.25, 0.3) is 0 Å². The highest BCUT2D eigenvalue weighted by Gasteiger charge is 2.09. The van der Waals surface area contributed by atoms with E-state index in [0.717, 1.165) is 5.56 Å². The largest absolute Gasteiger partial charge is 0.506 e. The van der Waals surface area contributed by atoms with E-state index < -0.39 is 0 Å². The van der Waals surface area contributed by atoms with Crippen molar-refractivity contribution < 1.29 is 9.90 Å². The third-order valence-corrected chi connectivity index (χ3v) is 2.91. The molecule has 0 saturated carbocycles. The molecule has 0 aliphatic rings. The molecule has 4 N–H and O–H groups in total. The Balaban J connectivity index is 2.20. The van der Waals surface area contributed by atoms with E-state index in [9.17, 15) is 9.90 Å². The summed E-state index contributed by atoms with van der Waals surface area (Å²) >= 11 is 5.74. The molecule has 1 heterocycles. The van der Waals surface area contributed by atoms with Crippen LogP contribution in [0.1, 0.15) is 15.9 Å². The summed E-state index contributed by atoms with van der Waals surface area (Å²) in [4.78, 5) is 16.0. The Kier molecular flexibility index (Phi) is 3.57. The number of rotatable bonds is 2. The van der Waals surface area contributed by atoms with Gasteiger partial charge in [0.15, 0.2) is 0 Å². The van der Waals surface area contributed by atoms with Crippen molar-refractivity contribution in [3.8, 4) is 5.75 Å². The third kappa shape index (κ3) is 2.95. The Morgan fingerprint density at radius 1 is 1.42 bits per heavy atom. The smallest absolute Gasteiger partial charge is 0.256 e. The monoisotopic (exact) mass is 277 g/mol. The molecular formula is C13H12ClN3O2. The highest BCUT2D eigenvalue weighted by Crippen LogP contribution is 2.24. The Bertz CT molecular complexity index is 644. The van der Waals surface area contributed by atoms with Crippen LogP contribution in [0.4, 0.5) is 11.5 Å². The molecule has 2 rings (SSSR count). The number of carbonyl (C=O) groups is 1. The van der Waals surface area contributed by atoms with Gasteiger partial charge >= 0.3 is 0 Å². The van der Waals surface area contributed by atoms with Gasteiger partial charge in [-0.25, -0.2) is 4.98 Å². The van der Waals surface area contributed by atoms with Crippen molar-refractivity contribution in [1.82, 2.24) is 4.98 Å². The molecule has 0 unspecified atom stereocenters. The maximum atomic E-state index is 12.0. The van der Waals surface area contributed by atoms with E-state index in [2.05, 4.69) is 10.3 Å². The summed E-state index contributed by atoms with van der Waals surface area (Å²) in [6.07, 6.45) is 1.48. The predicted octanol–water partition coefficient (Wildman–Crippen LogP) is 2.58. The number of hydrogen-bond acceptors (Lipinski definition) is 4. The summed E-state index contributed by atoms with van der Waals surface area (Å²) < 4.78 is 0. The zero-order valence-corrected chi connectivity index (χ0v) is 10.9. The lowest BCUT2D eigenvalue weighted by molar-refractivity contribution is 0.102. The number of amides is 1. The van der Waals surface area contributed by atoms with Crippen LogP contribution in [0.5, 0.6) is 5.75 Å². The van der Waals surface area contributed by atoms with Gasteiger partial charge in [-0.15, -0.1) is 0 Å². The fraction of sp³-hybridized carbons (Fsp3) is 0.0769. The van der Waals surface area contributed by atoms with Crippen molar-refractivity contribution in [2.75, 3.05) is 11.1 Å². The maximum Gasteiger partial charge on any atom is 0.256 e. The van der Waals surface area contributed by atoms with Gasteiger partial charge < -0.3 is 16.2 Å². The minimum atomic E-state index is -0.362. The van der Waals surface area contributed by atoms with E-state index in [-0.39, 0.29) is 16.7 Å². The number of halogens is 1. The first kappa shape index (κ1) is 13.2. The van der Waals surface area contributed by atoms with Crippen molar-refractivity contribution >= 4 is 29.0 Å². The van der Waals surface area contributed by atoms with E-state index in [0.29, 0.717) is 17.1 Å². The molecule has 0 atom stereocenters. The zero-order valence-electron chi connectivity index (χ0n) is 10.1. The molecule has 0 spiro atoms. The fourth-order valence-corrected chi connectivity index (χ4v) is 1.65. The summed E-state index contributed by atoms with van der Waals surface area (Å²) in [5.41, 5.74) is 7.37. The summed E-state index contributed by atoms with van der Waals surface area (Å²) in [5, 5.41) is 12.0. The fourth-order valence-electron chi connectivity index (χ4n) is 1.47. The van der Waals surface area contributed by atoms with Gasteiger partial charge in [0.25, 0.3) is 5.91 Å². The van der Waals surface area contributed by atoms with Crippen LogP contribution < -0.4 is 11.1 Å². The molecule has 0 radical (unpaired) electrons. The second-order valence-corrected chi connectivity index (χ2v) is 4.45. The molecule has 0 aliphatic heterocycles. The first-order valence-corrected chi connectivity index (χ1v) is 5.87. The van der Waals surface area contributed by atoms with Gasteiger partial charge in [0.05, 0.1) is 16.9 Å². The number of nitrogens with two attached hydrogens (primary N) is 1. The number of hydrogen-bond donors (Lipinski definition) is 3. The van der Waals surface area contributed by atoms with Crippen LogP contribution in [-0.2, 0) is 0 Å². The normalized spacial score (nSPS) is 10.2. The van der Waals surface area contributed by atoms with Gasteiger partial charge in [0, 0.05) is 5.56 Å². The van der Waals surface area contributed by atoms with Crippen molar-refractivity contribution in [1.29, 1.82) is 0 Å². The van der Waals surface area contributed by atoms with Crippen LogP contribution in [-0.4, -0.2) is 16.0 Å². The minimum absolute atomic E-state index is 0.0697. The number of pyridine rings is 1. The van der Waals surface area contributed by atoms with Crippen molar-refractivity contribution in [2.45, 2.75) is 6.92 Å². The minimum Gasteiger partial charge on any atom is -0.506 e. The van der Waals surface area contributed by atoms with E-state index in [1.807, 2.05) is 6.92 Å². The van der Waals surface area contributed by atoms with E-state index in [1.165, 1.54) is 24.4 Å². The highest BCUT2D eigenvalue weighted by molar-refractivity contribution is 6.32. The molecule has 98 valence electrons. The average molecular weight is 278 g/mol. The molecule has 19 heavy (non-hydrogen) atoms. The highest BCUT2D eigenvalue weighted by atomic mass is 35.5. The molecular weight excluding hydrogens is 266 g/mol. The maximum absolute atomic E-state index is 12.0. The molecule has 2 aromatic rings. The lowest BCUT2D eigenvalue weighted by atomic mass is 10.2. The van der Waals surface area contributed by atoms with Gasteiger partial charge in [0.2, 0.25) is 0 Å². The number of nitrogens with one attached hydrogen (secondary N) is 1. The van der Waals surface area contributed by atoms with Crippen molar-refractivity contribution in [2.24, 2.45) is 0 Å². The number of benzene rings is 1. The third-order valence-electron chi connectivity index (χ3n) is 2.60. The Morgan fingerprint density at radius 2 is 2.16 bits per heavy atom. The molecule has 0 aliphatic carbocycles. The number of phenolic OH excluding ortho intramolecular Hbond substituents is 1. The molecule has 1 aromatic heterocycles. The first-order valence-electron chi connectivity index (χ1n) is 5.49. The number of aryl methyl sites for hydroxylation is 1. The second-order valence-electron chi connectivity index (χ2n) is 4.05. The van der Waals surface area contributed by atoms with Crippen LogP contribution in [0.2, 0.25) is 5.02 Å². The molecule has 0 saturated heterocycles. The topological polar surface area (TPSA) is 88.2 Å². The summed E-state index contributed by atoms with van der Waals surface area (Å²) in [7, 11) is 0. The first-order chi connectivity index (χ1) is 8.97. The van der Waals surface area contributed by atoms with E-state index >= 15 is 0 Å². The van der Waals surface area contributed by atoms with Crippen LogP contribution in [0, 0.1) is 6.92 Å². The van der Waals surface area contributed by atoms with Gasteiger partial charge in [0.1, 0.15) is 11.6 Å². The van der Waals surface area contributed by atoms with Gasteiger partial charge in [-0.2, -0.15) is 0 Å². The van der Waals surface area contributed by atoms with Crippen LogP contribution in [0.15, 0.2) is 30.5 Å². The van der Waals surface area contributed by atoms with Gasteiger partial charge in [-0.3, -0.25) is 4.79 Å². The molecule has 1 amide bonds. The van der Waals surface area contributed by atoms with E-state index in [4.69, 9.17) is 17.3 Å². The molecule has 6 heteroatoms. The van der Waals surface area contributed by atoms with Crippen molar-refractivity contribution in [3.05, 3.63) is 46.6 Å². The number of phenols is 1. The Labute approximate surface area is 115 Å². The molecule has 1 aromatic carbocycles. The number of nitrogen functional groups attached to an aromatic ring is 1. The lowest BCUT2D eigenvalue weighted by Crippen LogP contribution is -2.13. The molecule has 0 bridgehead atoms. The second kappa shape index (κ2) is 5.16. The summed E-state index contributed by atoms with van der Waals surface area (Å²) in [6, 6.07) is 5.89. The molecule has 0 fully saturated rings. The number of anilines is 2. The van der Waals surface area contributed by atoms with Gasteiger partial charge in [-0.05, 0) is 36.8 Å². The number of aromatic nitrogens is 1.